The summed E-state index contributed by atoms with van der Waals surface area (Å²) in [5.74, 6) is 0.558. The first-order valence-corrected chi connectivity index (χ1v) is 4.41. The zero-order valence-corrected chi connectivity index (χ0v) is 7.80. The van der Waals surface area contributed by atoms with E-state index in [-0.39, 0.29) is 0 Å². The molecule has 0 saturated carbocycles. The zero-order valence-electron chi connectivity index (χ0n) is 7.80. The molecule has 4 nitrogen and oxygen atoms in total. The molecule has 0 bridgehead atoms. The lowest BCUT2D eigenvalue weighted by Gasteiger charge is -2.03. The summed E-state index contributed by atoms with van der Waals surface area (Å²) >= 11 is 0. The Kier molecular flexibility index (Phi) is 2.18. The number of aldehydes is 1. The molecular formula is C10H10N2O2. The Balaban J connectivity index is 2.63. The van der Waals surface area contributed by atoms with Crippen molar-refractivity contribution in [3.8, 4) is 5.88 Å². The molecule has 2 rings (SSSR count). The van der Waals surface area contributed by atoms with Crippen molar-refractivity contribution in [1.29, 1.82) is 0 Å². The third kappa shape index (κ3) is 1.25. The van der Waals surface area contributed by atoms with Crippen LogP contribution in [0, 0.1) is 0 Å². The SMILES string of the molecule is CCOc1nccn2c(C=O)ccc12. The summed E-state index contributed by atoms with van der Waals surface area (Å²) in [5, 5.41) is 0. The molecule has 0 aliphatic heterocycles. The number of carbonyl (C=O) groups is 1. The van der Waals surface area contributed by atoms with E-state index in [0.717, 1.165) is 11.8 Å². The average Bonchev–Trinajstić information content (AvgIpc) is 2.62. The maximum Gasteiger partial charge on any atom is 0.238 e. The second-order valence-electron chi connectivity index (χ2n) is 2.80. The van der Waals surface area contributed by atoms with E-state index in [1.54, 1.807) is 22.9 Å². The van der Waals surface area contributed by atoms with Gasteiger partial charge in [0, 0.05) is 12.4 Å². The lowest BCUT2D eigenvalue weighted by molar-refractivity contribution is 0.111. The van der Waals surface area contributed by atoms with Crippen molar-refractivity contribution in [2.75, 3.05) is 6.61 Å². The van der Waals surface area contributed by atoms with Gasteiger partial charge in [0.15, 0.2) is 6.29 Å². The summed E-state index contributed by atoms with van der Waals surface area (Å²) in [7, 11) is 0. The molecule has 0 atom stereocenters. The van der Waals surface area contributed by atoms with Gasteiger partial charge in [-0.1, -0.05) is 0 Å². The van der Waals surface area contributed by atoms with E-state index in [0.29, 0.717) is 18.2 Å². The number of fused-ring (bicyclic) bond motifs is 1. The lowest BCUT2D eigenvalue weighted by Crippen LogP contribution is -1.98. The molecule has 0 amide bonds. The van der Waals surface area contributed by atoms with Crippen molar-refractivity contribution < 1.29 is 9.53 Å². The van der Waals surface area contributed by atoms with E-state index in [2.05, 4.69) is 4.98 Å². The van der Waals surface area contributed by atoms with E-state index in [1.165, 1.54) is 0 Å². The maximum absolute atomic E-state index is 10.7. The molecule has 14 heavy (non-hydrogen) atoms. The van der Waals surface area contributed by atoms with E-state index in [1.807, 2.05) is 13.0 Å². The molecule has 4 heteroatoms. The average molecular weight is 190 g/mol. The summed E-state index contributed by atoms with van der Waals surface area (Å²) in [5.41, 5.74) is 1.42. The second-order valence-corrected chi connectivity index (χ2v) is 2.80. The number of hydrogen-bond acceptors (Lipinski definition) is 3. The number of carbonyl (C=O) groups excluding carboxylic acids is 1. The molecule has 0 spiro atoms. The Labute approximate surface area is 81.1 Å². The summed E-state index contributed by atoms with van der Waals surface area (Å²) < 4.78 is 7.08. The second kappa shape index (κ2) is 3.49. The van der Waals surface area contributed by atoms with Crippen LogP contribution in [0.4, 0.5) is 0 Å². The van der Waals surface area contributed by atoms with Crippen LogP contribution < -0.4 is 4.74 Å². The van der Waals surface area contributed by atoms with Gasteiger partial charge in [-0.2, -0.15) is 0 Å². The minimum Gasteiger partial charge on any atom is -0.476 e. The minimum absolute atomic E-state index is 0.558. The number of nitrogens with zero attached hydrogens (tertiary/aromatic N) is 2. The number of hydrogen-bond donors (Lipinski definition) is 0. The summed E-state index contributed by atoms with van der Waals surface area (Å²) in [6, 6.07) is 3.56. The maximum atomic E-state index is 10.7. The Bertz CT molecular complexity index is 462. The van der Waals surface area contributed by atoms with Crippen molar-refractivity contribution in [3.63, 3.8) is 0 Å². The Morgan fingerprint density at radius 2 is 2.43 bits per heavy atom. The summed E-state index contributed by atoms with van der Waals surface area (Å²) in [4.78, 5) is 14.8. The predicted molar refractivity (Wildman–Crippen MR) is 51.7 cm³/mol. The van der Waals surface area contributed by atoms with E-state index in [9.17, 15) is 4.79 Å². The van der Waals surface area contributed by atoms with Crippen LogP contribution in [0.15, 0.2) is 24.5 Å². The first kappa shape index (κ1) is 8.74. The Hall–Kier alpha value is -1.84. The fourth-order valence-electron chi connectivity index (χ4n) is 1.38. The Morgan fingerprint density at radius 1 is 1.57 bits per heavy atom. The highest BCUT2D eigenvalue weighted by atomic mass is 16.5. The van der Waals surface area contributed by atoms with Crippen molar-refractivity contribution in [1.82, 2.24) is 9.38 Å². The molecular weight excluding hydrogens is 180 g/mol. The zero-order chi connectivity index (χ0) is 9.97. The molecule has 0 radical (unpaired) electrons. The van der Waals surface area contributed by atoms with Crippen LogP contribution in [-0.4, -0.2) is 22.3 Å². The van der Waals surface area contributed by atoms with Gasteiger partial charge in [-0.15, -0.1) is 0 Å². The lowest BCUT2D eigenvalue weighted by atomic mass is 10.5. The van der Waals surface area contributed by atoms with Crippen LogP contribution in [0.5, 0.6) is 5.88 Å². The highest BCUT2D eigenvalue weighted by Crippen LogP contribution is 2.18. The van der Waals surface area contributed by atoms with Crippen molar-refractivity contribution in [2.45, 2.75) is 6.92 Å². The topological polar surface area (TPSA) is 43.6 Å². The van der Waals surface area contributed by atoms with Gasteiger partial charge in [0.1, 0.15) is 5.52 Å². The summed E-state index contributed by atoms with van der Waals surface area (Å²) in [6.45, 7) is 2.46. The van der Waals surface area contributed by atoms with Gasteiger partial charge in [0.05, 0.1) is 12.3 Å². The molecule has 0 saturated heterocycles. The van der Waals surface area contributed by atoms with Gasteiger partial charge < -0.3 is 9.14 Å². The number of aromatic nitrogens is 2. The molecule has 0 aliphatic rings. The fraction of sp³-hybridized carbons (Fsp3) is 0.200. The van der Waals surface area contributed by atoms with Gasteiger partial charge in [-0.05, 0) is 19.1 Å². The predicted octanol–water partition coefficient (Wildman–Crippen LogP) is 1.55. The standard InChI is InChI=1S/C10H10N2O2/c1-2-14-10-9-4-3-8(7-13)12(9)6-5-11-10/h3-7H,2H2,1H3. The highest BCUT2D eigenvalue weighted by molar-refractivity contribution is 5.77. The molecule has 2 aromatic rings. The molecule has 0 N–H and O–H groups in total. The van der Waals surface area contributed by atoms with Gasteiger partial charge >= 0.3 is 0 Å². The van der Waals surface area contributed by atoms with Gasteiger partial charge in [-0.25, -0.2) is 4.98 Å². The van der Waals surface area contributed by atoms with Gasteiger partial charge in [-0.3, -0.25) is 4.79 Å². The van der Waals surface area contributed by atoms with Crippen LogP contribution in [0.2, 0.25) is 0 Å². The number of rotatable bonds is 3. The van der Waals surface area contributed by atoms with Crippen LogP contribution in [0.3, 0.4) is 0 Å². The Morgan fingerprint density at radius 3 is 3.14 bits per heavy atom. The van der Waals surface area contributed by atoms with Gasteiger partial charge in [0.2, 0.25) is 5.88 Å². The fourth-order valence-corrected chi connectivity index (χ4v) is 1.38. The van der Waals surface area contributed by atoms with Crippen LogP contribution >= 0.6 is 0 Å². The normalized spacial score (nSPS) is 10.4. The number of ether oxygens (including phenoxy) is 1. The van der Waals surface area contributed by atoms with Crippen LogP contribution in [0.1, 0.15) is 17.4 Å². The molecule has 2 heterocycles. The van der Waals surface area contributed by atoms with E-state index < -0.39 is 0 Å². The van der Waals surface area contributed by atoms with Crippen molar-refractivity contribution in [3.05, 3.63) is 30.2 Å². The van der Waals surface area contributed by atoms with Crippen LogP contribution in [-0.2, 0) is 0 Å². The summed E-state index contributed by atoms with van der Waals surface area (Å²) in [6.07, 6.45) is 4.16. The first-order chi connectivity index (χ1) is 6.86. The monoisotopic (exact) mass is 190 g/mol. The molecule has 2 aromatic heterocycles. The molecule has 0 aliphatic carbocycles. The van der Waals surface area contributed by atoms with E-state index >= 15 is 0 Å². The molecule has 0 unspecified atom stereocenters. The largest absolute Gasteiger partial charge is 0.476 e. The minimum atomic E-state index is 0.558. The van der Waals surface area contributed by atoms with Crippen molar-refractivity contribution >= 4 is 11.8 Å². The highest BCUT2D eigenvalue weighted by Gasteiger charge is 2.05. The van der Waals surface area contributed by atoms with Gasteiger partial charge in [0.25, 0.3) is 0 Å². The third-order valence-electron chi connectivity index (χ3n) is 1.98. The molecule has 0 aromatic carbocycles. The van der Waals surface area contributed by atoms with Crippen molar-refractivity contribution in [2.24, 2.45) is 0 Å². The molecule has 72 valence electrons. The third-order valence-corrected chi connectivity index (χ3v) is 1.98. The first-order valence-electron chi connectivity index (χ1n) is 4.41. The smallest absolute Gasteiger partial charge is 0.238 e. The van der Waals surface area contributed by atoms with E-state index in [4.69, 9.17) is 4.74 Å². The quantitative estimate of drug-likeness (QED) is 0.689. The molecule has 0 fully saturated rings. The van der Waals surface area contributed by atoms with Crippen LogP contribution in [0.25, 0.3) is 5.52 Å².